The van der Waals surface area contributed by atoms with Gasteiger partial charge in [-0.25, -0.2) is 0 Å². The number of nitrogens with one attached hydrogen (secondary N) is 1. The Hall–Kier alpha value is -1.98. The fraction of sp³-hybridized carbons (Fsp3) is 0.333. The van der Waals surface area contributed by atoms with Gasteiger partial charge in [-0.3, -0.25) is 9.78 Å². The number of benzene rings is 1. The first kappa shape index (κ1) is 18.4. The van der Waals surface area contributed by atoms with Crippen molar-refractivity contribution in [3.8, 4) is 0 Å². The van der Waals surface area contributed by atoms with Crippen LogP contribution in [-0.2, 0) is 24.2 Å². The summed E-state index contributed by atoms with van der Waals surface area (Å²) in [5, 5.41) is 4.70. The third-order valence-corrected chi connectivity index (χ3v) is 6.17. The van der Waals surface area contributed by atoms with Crippen molar-refractivity contribution in [3.63, 3.8) is 0 Å². The van der Waals surface area contributed by atoms with Crippen molar-refractivity contribution in [2.24, 2.45) is 0 Å². The number of nitrogens with zero attached hydrogens (tertiary/aromatic N) is 1. The molecule has 0 fully saturated rings. The summed E-state index contributed by atoms with van der Waals surface area (Å²) in [5.41, 5.74) is 3.37. The van der Waals surface area contributed by atoms with Crippen LogP contribution in [0.5, 0.6) is 0 Å². The maximum atomic E-state index is 12.3. The molecule has 1 aliphatic rings. The van der Waals surface area contributed by atoms with Crippen molar-refractivity contribution in [1.82, 2.24) is 10.3 Å². The Kier molecular flexibility index (Phi) is 5.41. The lowest BCUT2D eigenvalue weighted by Crippen LogP contribution is -2.24. The molecule has 0 saturated carbocycles. The average Bonchev–Trinajstić information content (AvgIpc) is 3.08. The smallest absolute Gasteiger partial charge is 0.230 e. The van der Waals surface area contributed by atoms with E-state index in [1.807, 2.05) is 37.3 Å². The number of amides is 1. The van der Waals surface area contributed by atoms with Gasteiger partial charge in [0.2, 0.25) is 5.91 Å². The number of aromatic nitrogens is 1. The molecule has 0 atom stereocenters. The Labute approximate surface area is 167 Å². The second kappa shape index (κ2) is 7.95. The molecule has 27 heavy (non-hydrogen) atoms. The summed E-state index contributed by atoms with van der Waals surface area (Å²) < 4.78 is 5.50. The summed E-state index contributed by atoms with van der Waals surface area (Å²) in [7, 11) is 0. The summed E-state index contributed by atoms with van der Waals surface area (Å²) in [6, 6.07) is 9.61. The molecule has 2 aromatic heterocycles. The molecule has 0 radical (unpaired) electrons. The molecule has 3 aromatic rings. The van der Waals surface area contributed by atoms with Gasteiger partial charge in [0.25, 0.3) is 0 Å². The number of carbonyl (C=O) groups is 1. The van der Waals surface area contributed by atoms with E-state index >= 15 is 0 Å². The zero-order valence-corrected chi connectivity index (χ0v) is 16.8. The van der Waals surface area contributed by atoms with Crippen LogP contribution in [-0.4, -0.2) is 16.6 Å². The van der Waals surface area contributed by atoms with E-state index in [-0.39, 0.29) is 5.91 Å². The molecule has 1 aliphatic carbocycles. The lowest BCUT2D eigenvalue weighted by atomic mass is 9.94. The van der Waals surface area contributed by atoms with Gasteiger partial charge >= 0.3 is 0 Å². The molecule has 0 unspecified atom stereocenters. The van der Waals surface area contributed by atoms with Crippen LogP contribution in [0.1, 0.15) is 35.6 Å². The molecule has 0 bridgehead atoms. The number of aryl methyl sites for hydroxylation is 2. The third-order valence-electron chi connectivity index (χ3n) is 4.78. The number of fused-ring (bicyclic) bond motifs is 2. The quantitative estimate of drug-likeness (QED) is 0.607. The summed E-state index contributed by atoms with van der Waals surface area (Å²) in [6.07, 6.45) is 4.36. The number of halogens is 1. The van der Waals surface area contributed by atoms with Gasteiger partial charge in [-0.1, -0.05) is 17.7 Å². The first-order chi connectivity index (χ1) is 13.1. The van der Waals surface area contributed by atoms with Crippen LogP contribution in [0.15, 0.2) is 39.6 Å². The first-order valence-corrected chi connectivity index (χ1v) is 10.5. The second-order valence-corrected chi connectivity index (χ2v) is 8.23. The zero-order chi connectivity index (χ0) is 18.8. The molecule has 0 spiro atoms. The summed E-state index contributed by atoms with van der Waals surface area (Å²) in [5.74, 6) is 1.99. The summed E-state index contributed by atoms with van der Waals surface area (Å²) in [6.45, 7) is 2.31. The Morgan fingerprint density at radius 2 is 2.11 bits per heavy atom. The van der Waals surface area contributed by atoms with E-state index in [2.05, 4.69) is 5.32 Å². The monoisotopic (exact) mass is 400 g/mol. The van der Waals surface area contributed by atoms with Gasteiger partial charge in [0.15, 0.2) is 0 Å². The normalized spacial score (nSPS) is 13.6. The Bertz CT molecular complexity index is 999. The number of hydrogen-bond donors (Lipinski definition) is 1. The summed E-state index contributed by atoms with van der Waals surface area (Å²) >= 11 is 7.76. The van der Waals surface area contributed by atoms with E-state index in [9.17, 15) is 4.79 Å². The topological polar surface area (TPSA) is 55.1 Å². The average molecular weight is 401 g/mol. The molecule has 0 saturated heterocycles. The van der Waals surface area contributed by atoms with Crippen LogP contribution in [0.25, 0.3) is 10.9 Å². The highest BCUT2D eigenvalue weighted by Crippen LogP contribution is 2.36. The first-order valence-electron chi connectivity index (χ1n) is 9.16. The zero-order valence-electron chi connectivity index (χ0n) is 15.2. The van der Waals surface area contributed by atoms with Crippen LogP contribution in [0.4, 0.5) is 0 Å². The van der Waals surface area contributed by atoms with E-state index in [1.54, 1.807) is 11.8 Å². The predicted octanol–water partition coefficient (Wildman–Crippen LogP) is 5.08. The fourth-order valence-electron chi connectivity index (χ4n) is 3.47. The molecule has 1 N–H and O–H groups in total. The predicted molar refractivity (Wildman–Crippen MR) is 109 cm³/mol. The van der Waals surface area contributed by atoms with Crippen molar-refractivity contribution >= 4 is 40.2 Å². The molecule has 1 amide bonds. The minimum atomic E-state index is -0.00228. The van der Waals surface area contributed by atoms with Gasteiger partial charge < -0.3 is 9.73 Å². The Morgan fingerprint density at radius 3 is 2.93 bits per heavy atom. The number of rotatable bonds is 5. The SMILES string of the molecule is Cc1ccc(CNC(=O)CSc2c3c(nc4cc(Cl)ccc24)CCCC3)o1. The highest BCUT2D eigenvalue weighted by molar-refractivity contribution is 8.00. The highest BCUT2D eigenvalue weighted by Gasteiger charge is 2.19. The molecule has 2 heterocycles. The molecule has 4 rings (SSSR count). The number of furan rings is 1. The lowest BCUT2D eigenvalue weighted by Gasteiger charge is -2.20. The van der Waals surface area contributed by atoms with E-state index in [1.165, 1.54) is 23.3 Å². The van der Waals surface area contributed by atoms with Crippen LogP contribution < -0.4 is 5.32 Å². The minimum absolute atomic E-state index is 0.00228. The molecule has 0 aliphatic heterocycles. The van der Waals surface area contributed by atoms with Crippen LogP contribution in [0, 0.1) is 6.92 Å². The number of hydrogen-bond acceptors (Lipinski definition) is 4. The van der Waals surface area contributed by atoms with Crippen molar-refractivity contribution < 1.29 is 9.21 Å². The summed E-state index contributed by atoms with van der Waals surface area (Å²) in [4.78, 5) is 18.4. The van der Waals surface area contributed by atoms with E-state index in [0.717, 1.165) is 41.0 Å². The van der Waals surface area contributed by atoms with Crippen molar-refractivity contribution in [2.45, 2.75) is 44.0 Å². The van der Waals surface area contributed by atoms with E-state index < -0.39 is 0 Å². The molecule has 4 nitrogen and oxygen atoms in total. The van der Waals surface area contributed by atoms with Crippen LogP contribution >= 0.6 is 23.4 Å². The van der Waals surface area contributed by atoms with Crippen LogP contribution in [0.3, 0.4) is 0 Å². The number of carbonyl (C=O) groups excluding carboxylic acids is 1. The van der Waals surface area contributed by atoms with Crippen molar-refractivity contribution in [2.75, 3.05) is 5.75 Å². The van der Waals surface area contributed by atoms with Gasteiger partial charge in [0, 0.05) is 21.0 Å². The van der Waals surface area contributed by atoms with Crippen molar-refractivity contribution in [3.05, 3.63) is 58.1 Å². The standard InChI is InChI=1S/C21H21ClN2O2S/c1-13-6-8-15(26-13)11-23-20(25)12-27-21-16-4-2-3-5-18(16)24-19-10-14(22)7-9-17(19)21/h6-10H,2-5,11-12H2,1H3,(H,23,25). The largest absolute Gasteiger partial charge is 0.465 e. The molecule has 140 valence electrons. The fourth-order valence-corrected chi connectivity index (χ4v) is 4.74. The van der Waals surface area contributed by atoms with Crippen molar-refractivity contribution in [1.29, 1.82) is 0 Å². The van der Waals surface area contributed by atoms with Gasteiger partial charge in [0.1, 0.15) is 11.5 Å². The third kappa shape index (κ3) is 4.14. The van der Waals surface area contributed by atoms with Gasteiger partial charge in [-0.2, -0.15) is 0 Å². The van der Waals surface area contributed by atoms with E-state index in [4.69, 9.17) is 21.0 Å². The highest BCUT2D eigenvalue weighted by atomic mass is 35.5. The van der Waals surface area contributed by atoms with Gasteiger partial charge in [0.05, 0.1) is 17.8 Å². The molecular formula is C21H21ClN2O2S. The number of thioether (sulfide) groups is 1. The Morgan fingerprint density at radius 1 is 1.26 bits per heavy atom. The second-order valence-electron chi connectivity index (χ2n) is 6.81. The van der Waals surface area contributed by atoms with E-state index in [0.29, 0.717) is 17.3 Å². The molecule has 1 aromatic carbocycles. The van der Waals surface area contributed by atoms with Gasteiger partial charge in [-0.15, -0.1) is 11.8 Å². The maximum absolute atomic E-state index is 12.3. The number of pyridine rings is 1. The minimum Gasteiger partial charge on any atom is -0.465 e. The molecule has 6 heteroatoms. The maximum Gasteiger partial charge on any atom is 0.230 e. The molecular weight excluding hydrogens is 380 g/mol. The van der Waals surface area contributed by atoms with Crippen LogP contribution in [0.2, 0.25) is 5.02 Å². The van der Waals surface area contributed by atoms with Gasteiger partial charge in [-0.05, 0) is 62.4 Å². The Balaban J connectivity index is 1.53. The lowest BCUT2D eigenvalue weighted by molar-refractivity contribution is -0.118.